The summed E-state index contributed by atoms with van der Waals surface area (Å²) in [5, 5.41) is 2.81. The second kappa shape index (κ2) is 6.82. The topological polar surface area (TPSA) is 92.8 Å². The van der Waals surface area contributed by atoms with E-state index in [-0.39, 0.29) is 24.1 Å². The molecule has 7 nitrogen and oxygen atoms in total. The molecule has 1 aromatic rings. The lowest BCUT2D eigenvalue weighted by Crippen LogP contribution is -2.39. The number of fused-ring (bicyclic) bond motifs is 1. The maximum absolute atomic E-state index is 12.0. The molecule has 24 heavy (non-hydrogen) atoms. The van der Waals surface area contributed by atoms with Crippen molar-refractivity contribution in [3.8, 4) is 0 Å². The maximum Gasteiger partial charge on any atom is 0.326 e. The molecule has 126 valence electrons. The van der Waals surface area contributed by atoms with Gasteiger partial charge in [0.25, 0.3) is 17.6 Å². The molecule has 2 aliphatic rings. The molecule has 7 heteroatoms. The number of esters is 1. The van der Waals surface area contributed by atoms with E-state index in [1.54, 1.807) is 18.2 Å². The fraction of sp³-hybridized carbons (Fsp3) is 0.412. The number of Topliss-reactive ketones (excluding diaryl/α,β-unsaturated/α-hetero) is 1. The van der Waals surface area contributed by atoms with E-state index in [2.05, 4.69) is 5.32 Å². The molecule has 3 rings (SSSR count). The number of hydrogen-bond donors (Lipinski definition) is 1. The van der Waals surface area contributed by atoms with Crippen LogP contribution in [0.25, 0.3) is 0 Å². The summed E-state index contributed by atoms with van der Waals surface area (Å²) in [5.41, 5.74) is 0.661. The molecule has 0 unspecified atom stereocenters. The molecule has 1 aromatic carbocycles. The van der Waals surface area contributed by atoms with Gasteiger partial charge in [-0.05, 0) is 25.0 Å². The van der Waals surface area contributed by atoms with Crippen LogP contribution in [0, 0.1) is 0 Å². The molecule has 1 aliphatic heterocycles. The fourth-order valence-corrected chi connectivity index (χ4v) is 3.07. The van der Waals surface area contributed by atoms with Crippen LogP contribution < -0.4 is 10.2 Å². The molecule has 0 radical (unpaired) electrons. The average Bonchev–Trinajstić information content (AvgIpc) is 3.16. The summed E-state index contributed by atoms with van der Waals surface area (Å²) in [4.78, 5) is 48.5. The first-order valence-electron chi connectivity index (χ1n) is 7.96. The highest BCUT2D eigenvalue weighted by Crippen LogP contribution is 2.28. The first-order chi connectivity index (χ1) is 11.6. The van der Waals surface area contributed by atoms with Gasteiger partial charge in [-0.2, -0.15) is 0 Å². The molecule has 1 heterocycles. The van der Waals surface area contributed by atoms with Gasteiger partial charge in [-0.3, -0.25) is 24.1 Å². The molecular weight excluding hydrogens is 312 g/mol. The molecular formula is C17H18N2O5. The summed E-state index contributed by atoms with van der Waals surface area (Å²) in [5.74, 6) is -2.48. The number of carbonyl (C=O) groups excluding carboxylic acids is 4. The van der Waals surface area contributed by atoms with Crippen LogP contribution in [0.5, 0.6) is 0 Å². The number of nitrogens with zero attached hydrogens (tertiary/aromatic N) is 1. The van der Waals surface area contributed by atoms with Crippen LogP contribution in [0.15, 0.2) is 24.3 Å². The Morgan fingerprint density at radius 2 is 1.88 bits per heavy atom. The van der Waals surface area contributed by atoms with Gasteiger partial charge in [-0.25, -0.2) is 0 Å². The van der Waals surface area contributed by atoms with E-state index >= 15 is 0 Å². The highest BCUT2D eigenvalue weighted by Gasteiger charge is 2.36. The summed E-state index contributed by atoms with van der Waals surface area (Å²) in [6.45, 7) is -0.773. The van der Waals surface area contributed by atoms with Crippen molar-refractivity contribution in [1.82, 2.24) is 5.32 Å². The Labute approximate surface area is 139 Å². The zero-order valence-corrected chi connectivity index (χ0v) is 13.1. The molecule has 1 aliphatic carbocycles. The third-order valence-electron chi connectivity index (χ3n) is 4.25. The molecule has 0 saturated heterocycles. The summed E-state index contributed by atoms with van der Waals surface area (Å²) >= 11 is 0. The molecule has 0 bridgehead atoms. The Morgan fingerprint density at radius 1 is 1.17 bits per heavy atom. The third-order valence-corrected chi connectivity index (χ3v) is 4.25. The van der Waals surface area contributed by atoms with Crippen molar-refractivity contribution in [2.45, 2.75) is 31.7 Å². The van der Waals surface area contributed by atoms with E-state index in [1.165, 1.54) is 6.07 Å². The Morgan fingerprint density at radius 3 is 2.62 bits per heavy atom. The Balaban J connectivity index is 1.52. The molecule has 0 aromatic heterocycles. The highest BCUT2D eigenvalue weighted by atomic mass is 16.5. The number of rotatable bonds is 5. The minimum atomic E-state index is -0.761. The van der Waals surface area contributed by atoms with Gasteiger partial charge in [0.2, 0.25) is 0 Å². The van der Waals surface area contributed by atoms with Crippen molar-refractivity contribution < 1.29 is 23.9 Å². The van der Waals surface area contributed by atoms with E-state index in [1.807, 2.05) is 0 Å². The van der Waals surface area contributed by atoms with Crippen LogP contribution in [0.2, 0.25) is 0 Å². The number of amides is 2. The monoisotopic (exact) mass is 330 g/mol. The Kier molecular flexibility index (Phi) is 4.59. The first kappa shape index (κ1) is 16.2. The number of nitrogens with one attached hydrogen (secondary N) is 1. The lowest BCUT2D eigenvalue weighted by atomic mass is 10.1. The zero-order chi connectivity index (χ0) is 17.1. The number of para-hydroxylation sites is 1. The molecule has 0 spiro atoms. The largest absolute Gasteiger partial charge is 0.454 e. The minimum Gasteiger partial charge on any atom is -0.454 e. The molecule has 2 amide bonds. The third kappa shape index (κ3) is 3.29. The van der Waals surface area contributed by atoms with E-state index in [9.17, 15) is 19.2 Å². The lowest BCUT2D eigenvalue weighted by molar-refractivity contribution is -0.147. The van der Waals surface area contributed by atoms with Crippen molar-refractivity contribution in [2.75, 3.05) is 18.1 Å². The summed E-state index contributed by atoms with van der Waals surface area (Å²) in [6, 6.07) is 6.62. The normalized spacial score (nSPS) is 17.1. The van der Waals surface area contributed by atoms with E-state index in [0.29, 0.717) is 5.69 Å². The van der Waals surface area contributed by atoms with Crippen molar-refractivity contribution in [2.24, 2.45) is 0 Å². The molecule has 1 N–H and O–H groups in total. The van der Waals surface area contributed by atoms with Gasteiger partial charge >= 0.3 is 5.97 Å². The summed E-state index contributed by atoms with van der Waals surface area (Å²) < 4.78 is 4.92. The van der Waals surface area contributed by atoms with Gasteiger partial charge in [-0.15, -0.1) is 0 Å². The number of ether oxygens (including phenoxy) is 1. The van der Waals surface area contributed by atoms with Gasteiger partial charge in [-0.1, -0.05) is 25.0 Å². The fourth-order valence-electron chi connectivity index (χ4n) is 3.07. The van der Waals surface area contributed by atoms with Crippen molar-refractivity contribution >= 4 is 29.3 Å². The zero-order valence-electron chi connectivity index (χ0n) is 13.1. The second-order valence-corrected chi connectivity index (χ2v) is 5.95. The Bertz CT molecular complexity index is 694. The van der Waals surface area contributed by atoms with Crippen molar-refractivity contribution in [1.29, 1.82) is 0 Å². The number of ketones is 1. The average molecular weight is 330 g/mol. The summed E-state index contributed by atoms with van der Waals surface area (Å²) in [7, 11) is 0. The quantitative estimate of drug-likeness (QED) is 0.637. The van der Waals surface area contributed by atoms with Crippen LogP contribution in [0.3, 0.4) is 0 Å². The summed E-state index contributed by atoms with van der Waals surface area (Å²) in [6.07, 6.45) is 4.08. The number of hydrogen-bond acceptors (Lipinski definition) is 5. The Hall–Kier alpha value is -2.70. The predicted octanol–water partition coefficient (Wildman–Crippen LogP) is 0.818. The van der Waals surface area contributed by atoms with Gasteiger partial charge in [0.1, 0.15) is 6.54 Å². The first-order valence-corrected chi connectivity index (χ1v) is 7.96. The number of anilines is 1. The molecule has 0 atom stereocenters. The van der Waals surface area contributed by atoms with Crippen LogP contribution in [0.1, 0.15) is 36.0 Å². The minimum absolute atomic E-state index is 0.154. The van der Waals surface area contributed by atoms with E-state index in [0.717, 1.165) is 30.6 Å². The van der Waals surface area contributed by atoms with Crippen LogP contribution in [-0.2, 0) is 19.1 Å². The standard InChI is InChI=1S/C17H18N2O5/c20-14(18-11-5-1-2-6-11)10-24-15(21)9-19-13-8-4-3-7-12(13)16(22)17(19)23/h3-4,7-8,11H,1-2,5-6,9-10H2,(H,18,20). The van der Waals surface area contributed by atoms with Gasteiger partial charge in [0.05, 0.1) is 11.3 Å². The lowest BCUT2D eigenvalue weighted by Gasteiger charge is -2.16. The maximum atomic E-state index is 12.0. The SMILES string of the molecule is O=C(COC(=O)CN1C(=O)C(=O)c2ccccc21)NC1CCCC1. The van der Waals surface area contributed by atoms with Crippen molar-refractivity contribution in [3.63, 3.8) is 0 Å². The second-order valence-electron chi connectivity index (χ2n) is 5.95. The number of carbonyl (C=O) groups is 4. The highest BCUT2D eigenvalue weighted by molar-refractivity contribution is 6.52. The van der Waals surface area contributed by atoms with E-state index < -0.39 is 24.2 Å². The van der Waals surface area contributed by atoms with Crippen LogP contribution in [-0.4, -0.2) is 42.8 Å². The van der Waals surface area contributed by atoms with Crippen LogP contribution in [0.4, 0.5) is 5.69 Å². The smallest absolute Gasteiger partial charge is 0.326 e. The van der Waals surface area contributed by atoms with Crippen molar-refractivity contribution in [3.05, 3.63) is 29.8 Å². The van der Waals surface area contributed by atoms with Gasteiger partial charge in [0, 0.05) is 6.04 Å². The molecule has 1 saturated carbocycles. The number of benzene rings is 1. The van der Waals surface area contributed by atoms with E-state index in [4.69, 9.17) is 4.74 Å². The van der Waals surface area contributed by atoms with Gasteiger partial charge < -0.3 is 10.1 Å². The van der Waals surface area contributed by atoms with Gasteiger partial charge in [0.15, 0.2) is 6.61 Å². The van der Waals surface area contributed by atoms with Crippen LogP contribution >= 0.6 is 0 Å². The molecule has 1 fully saturated rings. The predicted molar refractivity (Wildman–Crippen MR) is 84.5 cm³/mol.